The summed E-state index contributed by atoms with van der Waals surface area (Å²) in [7, 11) is 0. The van der Waals surface area contributed by atoms with Crippen LogP contribution in [0.1, 0.15) is 85.8 Å². The molecule has 0 aromatic heterocycles. The molecule has 1 fully saturated rings. The lowest BCUT2D eigenvalue weighted by Gasteiger charge is -2.33. The van der Waals surface area contributed by atoms with Crippen molar-refractivity contribution in [3.63, 3.8) is 0 Å². The molecule has 0 radical (unpaired) electrons. The fourth-order valence-electron chi connectivity index (χ4n) is 7.18. The van der Waals surface area contributed by atoms with E-state index in [4.69, 9.17) is 16.9 Å². The van der Waals surface area contributed by atoms with Gasteiger partial charge in [0.15, 0.2) is 5.96 Å². The Morgan fingerprint density at radius 1 is 0.634 bits per heavy atom. The highest BCUT2D eigenvalue weighted by Gasteiger charge is 2.40. The first-order chi connectivity index (χ1) is 33.4. The Kier molecular flexibility index (Phi) is 25.3. The molecule has 1 aromatic carbocycles. The van der Waals surface area contributed by atoms with Crippen LogP contribution in [0.15, 0.2) is 30.3 Å². The summed E-state index contributed by atoms with van der Waals surface area (Å²) < 4.78 is 0. The molecular weight excluding hydrogens is 931 g/mol. The zero-order chi connectivity index (χ0) is 53.7. The molecule has 1 heterocycles. The largest absolute Gasteiger partial charge is 0.394 e. The molecule has 2 unspecified atom stereocenters. The molecule has 0 bridgehead atoms. The summed E-state index contributed by atoms with van der Waals surface area (Å²) in [6.45, 7) is 8.13. The number of guanidine groups is 1. The zero-order valence-electron chi connectivity index (χ0n) is 41.2. The van der Waals surface area contributed by atoms with E-state index in [2.05, 4.69) is 53.2 Å². The van der Waals surface area contributed by atoms with Crippen LogP contribution in [0, 0.1) is 23.2 Å². The average Bonchev–Trinajstić information content (AvgIpc) is 3.34. The van der Waals surface area contributed by atoms with Crippen LogP contribution >= 0.6 is 0 Å². The first-order valence-electron chi connectivity index (χ1n) is 23.6. The van der Waals surface area contributed by atoms with Gasteiger partial charge in [-0.3, -0.25) is 48.6 Å². The summed E-state index contributed by atoms with van der Waals surface area (Å²) >= 11 is 0. The molecular formula is C45H75N13O13. The first-order valence-corrected chi connectivity index (χ1v) is 23.6. The third kappa shape index (κ3) is 18.7. The molecule has 9 amide bonds. The van der Waals surface area contributed by atoms with Gasteiger partial charge in [-0.05, 0) is 43.1 Å². The molecule has 0 saturated carbocycles. The van der Waals surface area contributed by atoms with Crippen LogP contribution in [0.2, 0.25) is 0 Å². The van der Waals surface area contributed by atoms with Gasteiger partial charge >= 0.3 is 0 Å². The molecule has 1 aliphatic heterocycles. The molecule has 1 saturated heterocycles. The first kappa shape index (κ1) is 60.6. The van der Waals surface area contributed by atoms with Crippen molar-refractivity contribution < 1.29 is 63.6 Å². The molecule has 1 aliphatic rings. The highest BCUT2D eigenvalue weighted by Crippen LogP contribution is 2.19. The fourth-order valence-corrected chi connectivity index (χ4v) is 7.18. The Morgan fingerprint density at radius 2 is 1.10 bits per heavy atom. The molecule has 19 N–H and O–H groups in total. The van der Waals surface area contributed by atoms with Crippen molar-refractivity contribution in [2.75, 3.05) is 26.3 Å². The highest BCUT2D eigenvalue weighted by atomic mass is 16.3. The number of aliphatic hydroxyl groups excluding tert-OH is 4. The number of benzene rings is 1. The number of carbonyl (C=O) groups excluding carboxylic acids is 9. The standard InChI is InChI=1S/C45H75N13O13/c1-8-22(5)31-42(69)52-26(16-13-17-49-45(47)48)37(64)54-32(23(6)9-2)43(70)56-33(24(7)61)41(68)50-18-29(62)51-27(19-59)38(65)53-28(20-60)39(66)57-34(25-14-11-10-12-15-25)30(46)40(67)58-35(44(71)55-31)36(63)21(3)4/h10-12,14-15,21-24,26-28,30-36,59-61,63H,8-9,13,16-20,46H2,1-7H3,(H,50,68)(H,51,62)(H,52,69)(H,53,65)(H,54,64)(H,55,71)(H,56,70)(H,57,66)(H,58,67)(H4,47,48,49)/t22-,23-,24-,26+,27-,28?,30-,31?,32-,33-,34+,35-,36+/m0/s1. The van der Waals surface area contributed by atoms with Crippen molar-refractivity contribution in [1.29, 1.82) is 5.41 Å². The van der Waals surface area contributed by atoms with Crippen molar-refractivity contribution in [3.05, 3.63) is 35.9 Å². The van der Waals surface area contributed by atoms with Gasteiger partial charge < -0.3 is 85.1 Å². The van der Waals surface area contributed by atoms with Crippen molar-refractivity contribution in [2.45, 2.75) is 141 Å². The Labute approximate surface area is 412 Å². The lowest BCUT2D eigenvalue weighted by atomic mass is 9.94. The molecule has 71 heavy (non-hydrogen) atoms. The van der Waals surface area contributed by atoms with E-state index in [1.807, 2.05) is 0 Å². The number of hydrogen-bond acceptors (Lipinski definition) is 15. The molecule has 0 aliphatic carbocycles. The number of hydrogen-bond donors (Lipinski definition) is 17. The van der Waals surface area contributed by atoms with E-state index in [0.717, 1.165) is 0 Å². The minimum absolute atomic E-state index is 0.0836. The summed E-state index contributed by atoms with van der Waals surface area (Å²) in [6, 6.07) is -6.64. The van der Waals surface area contributed by atoms with E-state index >= 15 is 0 Å². The van der Waals surface area contributed by atoms with Crippen LogP contribution in [0.4, 0.5) is 0 Å². The van der Waals surface area contributed by atoms with Crippen LogP contribution in [-0.2, 0) is 43.2 Å². The molecule has 13 atom stereocenters. The normalized spacial score (nSPS) is 27.2. The summed E-state index contributed by atoms with van der Waals surface area (Å²) in [6.07, 6.45) is -2.55. The monoisotopic (exact) mass is 1010 g/mol. The van der Waals surface area contributed by atoms with Gasteiger partial charge in [-0.1, -0.05) is 84.7 Å². The number of nitrogens with two attached hydrogens (primary N) is 2. The van der Waals surface area contributed by atoms with Gasteiger partial charge in [0.05, 0.1) is 38.0 Å². The number of amides is 9. The maximum Gasteiger partial charge on any atom is 0.245 e. The predicted molar refractivity (Wildman–Crippen MR) is 257 cm³/mol. The maximum absolute atomic E-state index is 14.3. The van der Waals surface area contributed by atoms with Crippen molar-refractivity contribution >= 4 is 59.1 Å². The van der Waals surface area contributed by atoms with E-state index in [0.29, 0.717) is 12.8 Å². The Hall–Kier alpha value is -6.48. The second-order valence-corrected chi connectivity index (χ2v) is 17.9. The van der Waals surface area contributed by atoms with Crippen molar-refractivity contribution in [1.82, 2.24) is 53.2 Å². The molecule has 1 aromatic rings. The van der Waals surface area contributed by atoms with E-state index in [1.165, 1.54) is 19.1 Å². The zero-order valence-corrected chi connectivity index (χ0v) is 41.2. The lowest BCUT2D eigenvalue weighted by molar-refractivity contribution is -0.138. The van der Waals surface area contributed by atoms with Crippen LogP contribution in [-0.4, -0.2) is 166 Å². The summed E-state index contributed by atoms with van der Waals surface area (Å²) in [5.41, 5.74) is 12.2. The van der Waals surface area contributed by atoms with Crippen molar-refractivity contribution in [3.8, 4) is 0 Å². The van der Waals surface area contributed by atoms with Gasteiger partial charge in [-0.15, -0.1) is 0 Å². The minimum atomic E-state index is -1.78. The molecule has 398 valence electrons. The third-order valence-corrected chi connectivity index (χ3v) is 12.1. The summed E-state index contributed by atoms with van der Waals surface area (Å²) in [5, 5.41) is 74.2. The van der Waals surface area contributed by atoms with Crippen LogP contribution in [0.3, 0.4) is 0 Å². The minimum Gasteiger partial charge on any atom is -0.394 e. The number of nitrogens with one attached hydrogen (secondary N) is 11. The van der Waals surface area contributed by atoms with Gasteiger partial charge in [-0.2, -0.15) is 0 Å². The van der Waals surface area contributed by atoms with Gasteiger partial charge in [0.2, 0.25) is 53.2 Å². The number of carbonyl (C=O) groups is 9. The van der Waals surface area contributed by atoms with Crippen LogP contribution < -0.4 is 64.6 Å². The van der Waals surface area contributed by atoms with Crippen molar-refractivity contribution in [2.24, 2.45) is 29.2 Å². The second-order valence-electron chi connectivity index (χ2n) is 17.9. The van der Waals surface area contributed by atoms with Gasteiger partial charge in [-0.25, -0.2) is 0 Å². The lowest BCUT2D eigenvalue weighted by Crippen LogP contribution is -2.64. The smallest absolute Gasteiger partial charge is 0.245 e. The predicted octanol–water partition coefficient (Wildman–Crippen LogP) is -5.57. The van der Waals surface area contributed by atoms with E-state index in [-0.39, 0.29) is 30.9 Å². The summed E-state index contributed by atoms with van der Waals surface area (Å²) in [4.78, 5) is 124. The highest BCUT2D eigenvalue weighted by molar-refractivity contribution is 5.98. The van der Waals surface area contributed by atoms with Crippen LogP contribution in [0.5, 0.6) is 0 Å². The molecule has 26 nitrogen and oxygen atoms in total. The van der Waals surface area contributed by atoms with Gasteiger partial charge in [0.25, 0.3) is 0 Å². The number of rotatable bonds is 14. The topological polar surface area (TPSA) is 431 Å². The Bertz CT molecular complexity index is 2000. The van der Waals surface area contributed by atoms with E-state index in [9.17, 15) is 63.6 Å². The molecule has 0 spiro atoms. The van der Waals surface area contributed by atoms with E-state index < -0.39 is 157 Å². The van der Waals surface area contributed by atoms with Gasteiger partial charge in [0, 0.05) is 6.54 Å². The molecule has 26 heteroatoms. The number of aliphatic hydroxyl groups is 4. The maximum atomic E-state index is 14.3. The Morgan fingerprint density at radius 3 is 1.62 bits per heavy atom. The van der Waals surface area contributed by atoms with E-state index in [1.54, 1.807) is 59.7 Å². The average molecular weight is 1010 g/mol. The van der Waals surface area contributed by atoms with Crippen LogP contribution in [0.25, 0.3) is 0 Å². The third-order valence-electron chi connectivity index (χ3n) is 12.1. The molecule has 2 rings (SSSR count). The SMILES string of the molecule is CC[C@H](C)C1NC(=O)[C@H]([C@H](O)C(C)C)NC(=O)[C@@H](N)[C@@H](c2ccccc2)NC(=O)C(CO)NC(=O)[C@H](CO)NC(=O)CNC(=O)[C@H]([C@H](C)O)NC(=O)[C@H]([C@@H](C)CC)NC(=O)[C@@H](CCCNC(=N)N)NC1=O. The summed E-state index contributed by atoms with van der Waals surface area (Å²) in [5.74, 6) is -11.5. The van der Waals surface area contributed by atoms with Gasteiger partial charge in [0.1, 0.15) is 48.3 Å². The Balaban J connectivity index is 2.79. The quantitative estimate of drug-likeness (QED) is 0.0469. The second kappa shape index (κ2) is 29.6. The fraction of sp³-hybridized carbons (Fsp3) is 0.644.